The van der Waals surface area contributed by atoms with Crippen molar-refractivity contribution in [2.24, 2.45) is 0 Å². The number of nitrogens with zero attached hydrogens (tertiary/aromatic N) is 3. The highest BCUT2D eigenvalue weighted by Gasteiger charge is 2.35. The van der Waals surface area contributed by atoms with Gasteiger partial charge in [0.25, 0.3) is 0 Å². The van der Waals surface area contributed by atoms with Crippen molar-refractivity contribution in [3.63, 3.8) is 0 Å². The van der Waals surface area contributed by atoms with E-state index in [2.05, 4.69) is 28.8 Å². The summed E-state index contributed by atoms with van der Waals surface area (Å²) in [4.78, 5) is 23.5. The molecule has 0 saturated carbocycles. The molecule has 0 fully saturated rings. The maximum atomic E-state index is 12.3. The van der Waals surface area contributed by atoms with Gasteiger partial charge in [-0.25, -0.2) is 19.3 Å². The van der Waals surface area contributed by atoms with Gasteiger partial charge < -0.3 is 19.6 Å². The second-order valence-electron chi connectivity index (χ2n) is 8.84. The first-order valence-corrected chi connectivity index (χ1v) is 9.39. The van der Waals surface area contributed by atoms with E-state index in [9.17, 15) is 9.90 Å². The van der Waals surface area contributed by atoms with Crippen LogP contribution in [0.5, 0.6) is 23.4 Å². The Morgan fingerprint density at radius 2 is 1.93 bits per heavy atom. The lowest BCUT2D eigenvalue weighted by Crippen LogP contribution is -2.19. The van der Waals surface area contributed by atoms with E-state index in [1.165, 1.54) is 12.4 Å². The minimum atomic E-state index is -0.454. The normalized spacial score (nSPS) is 15.1. The summed E-state index contributed by atoms with van der Waals surface area (Å²) < 4.78 is 12.8. The lowest BCUT2D eigenvalue weighted by molar-refractivity contribution is 0.290. The molecule has 0 radical (unpaired) electrons. The number of aromatic nitrogens is 4. The number of H-pyrrole nitrogens is 1. The maximum Gasteiger partial charge on any atom is 0.333 e. The first kappa shape index (κ1) is 19.0. The molecule has 2 N–H and O–H groups in total. The highest BCUT2D eigenvalue weighted by molar-refractivity contribution is 5.52. The first-order chi connectivity index (χ1) is 13.6. The van der Waals surface area contributed by atoms with Gasteiger partial charge in [0.15, 0.2) is 0 Å². The predicted octanol–water partition coefficient (Wildman–Crippen LogP) is 3.42. The van der Waals surface area contributed by atoms with Crippen LogP contribution in [-0.2, 0) is 10.8 Å². The van der Waals surface area contributed by atoms with E-state index < -0.39 is 11.1 Å². The Bertz CT molecular complexity index is 1120. The number of nitrogens with one attached hydrogen (secondary N) is 1. The first-order valence-electron chi connectivity index (χ1n) is 9.39. The van der Waals surface area contributed by atoms with Crippen LogP contribution in [0.2, 0.25) is 0 Å². The van der Waals surface area contributed by atoms with Crippen LogP contribution in [0.25, 0.3) is 5.69 Å². The molecule has 0 atom stereocenters. The van der Waals surface area contributed by atoms with Crippen LogP contribution >= 0.6 is 0 Å². The number of aromatic amines is 1. The van der Waals surface area contributed by atoms with Gasteiger partial charge >= 0.3 is 11.7 Å². The molecule has 8 nitrogen and oxygen atoms in total. The van der Waals surface area contributed by atoms with Gasteiger partial charge in [0.1, 0.15) is 11.5 Å². The molecule has 0 aliphatic carbocycles. The zero-order valence-electron chi connectivity index (χ0n) is 17.1. The van der Waals surface area contributed by atoms with Crippen LogP contribution in [0.4, 0.5) is 0 Å². The van der Waals surface area contributed by atoms with Gasteiger partial charge in [-0.3, -0.25) is 0 Å². The Morgan fingerprint density at radius 3 is 2.55 bits per heavy atom. The summed E-state index contributed by atoms with van der Waals surface area (Å²) in [5, 5.41) is 10.5. The van der Waals surface area contributed by atoms with Crippen molar-refractivity contribution < 1.29 is 14.6 Å². The minimum Gasteiger partial charge on any atom is -0.493 e. The Labute approximate surface area is 168 Å². The van der Waals surface area contributed by atoms with E-state index in [1.807, 2.05) is 39.0 Å². The number of benzene rings is 1. The van der Waals surface area contributed by atoms with Crippen LogP contribution in [0, 0.1) is 0 Å². The van der Waals surface area contributed by atoms with Gasteiger partial charge in [0.05, 0.1) is 30.4 Å². The van der Waals surface area contributed by atoms with E-state index in [1.54, 1.807) is 0 Å². The molecule has 0 bridgehead atoms. The minimum absolute atomic E-state index is 0.143. The molecule has 3 heterocycles. The van der Waals surface area contributed by atoms with E-state index in [0.717, 1.165) is 15.9 Å². The van der Waals surface area contributed by atoms with Crippen molar-refractivity contribution >= 4 is 0 Å². The lowest BCUT2D eigenvalue weighted by Gasteiger charge is -2.18. The number of imidazole rings is 1. The molecule has 4 rings (SSSR count). The number of ether oxygens (including phenoxy) is 2. The zero-order valence-corrected chi connectivity index (χ0v) is 17.1. The topological polar surface area (TPSA) is 102 Å². The third kappa shape index (κ3) is 3.24. The quantitative estimate of drug-likeness (QED) is 0.703. The number of aromatic hydroxyl groups is 1. The predicted molar refractivity (Wildman–Crippen MR) is 107 cm³/mol. The molecule has 0 amide bonds. The molecule has 3 aromatic rings. The van der Waals surface area contributed by atoms with Crippen molar-refractivity contribution in [2.45, 2.75) is 45.4 Å². The highest BCUT2D eigenvalue weighted by Crippen LogP contribution is 2.44. The van der Waals surface area contributed by atoms with Gasteiger partial charge in [-0.1, -0.05) is 40.7 Å². The third-order valence-electron chi connectivity index (χ3n) is 4.95. The van der Waals surface area contributed by atoms with Gasteiger partial charge in [-0.15, -0.1) is 0 Å². The van der Waals surface area contributed by atoms with E-state index in [4.69, 9.17) is 9.47 Å². The Morgan fingerprint density at radius 1 is 1.24 bits per heavy atom. The summed E-state index contributed by atoms with van der Waals surface area (Å²) in [7, 11) is 0. The van der Waals surface area contributed by atoms with E-state index in [-0.39, 0.29) is 17.3 Å². The summed E-state index contributed by atoms with van der Waals surface area (Å²) in [5.41, 5.74) is 0.713. The van der Waals surface area contributed by atoms with E-state index in [0.29, 0.717) is 23.7 Å². The monoisotopic (exact) mass is 396 g/mol. The Balaban J connectivity index is 1.66. The van der Waals surface area contributed by atoms with Gasteiger partial charge in [-0.2, -0.15) is 0 Å². The average molecular weight is 396 g/mol. The largest absolute Gasteiger partial charge is 0.493 e. The van der Waals surface area contributed by atoms with E-state index >= 15 is 0 Å². The van der Waals surface area contributed by atoms with Crippen molar-refractivity contribution in [1.82, 2.24) is 19.5 Å². The SMILES string of the molecule is CC(C)(C)c1[nH]c(=O)n(-c2cnc(Oc3cccc4c3C(C)(C)CO4)nc2)c1O. The summed E-state index contributed by atoms with van der Waals surface area (Å²) in [6.45, 7) is 10.5. The summed E-state index contributed by atoms with van der Waals surface area (Å²) in [5.74, 6) is 1.27. The molecule has 0 spiro atoms. The molecule has 29 heavy (non-hydrogen) atoms. The molecular weight excluding hydrogens is 372 g/mol. The Kier molecular flexibility index (Phi) is 4.18. The summed E-state index contributed by atoms with van der Waals surface area (Å²) >= 11 is 0. The van der Waals surface area contributed by atoms with Crippen molar-refractivity contribution in [3.05, 3.63) is 52.3 Å². The standard InChI is InChI=1S/C21H24N4O4/c1-20(2,3)16-17(26)25(19(27)24-16)12-9-22-18(23-10-12)29-14-8-6-7-13-15(14)21(4,5)11-28-13/h6-10,26H,11H2,1-5H3,(H,24,27). The highest BCUT2D eigenvalue weighted by atomic mass is 16.5. The number of hydrogen-bond donors (Lipinski definition) is 2. The smallest absolute Gasteiger partial charge is 0.333 e. The fourth-order valence-corrected chi connectivity index (χ4v) is 3.48. The number of fused-ring (bicyclic) bond motifs is 1. The van der Waals surface area contributed by atoms with Crippen LogP contribution < -0.4 is 15.2 Å². The molecule has 0 unspecified atom stereocenters. The molecule has 0 saturated heterocycles. The molecule has 8 heteroatoms. The summed E-state index contributed by atoms with van der Waals surface area (Å²) in [6, 6.07) is 5.76. The molecule has 1 aromatic carbocycles. The fraction of sp³-hybridized carbons (Fsp3) is 0.381. The molecular formula is C21H24N4O4. The summed E-state index contributed by atoms with van der Waals surface area (Å²) in [6.07, 6.45) is 2.88. The van der Waals surface area contributed by atoms with Crippen molar-refractivity contribution in [1.29, 1.82) is 0 Å². The van der Waals surface area contributed by atoms with Crippen LogP contribution in [0.3, 0.4) is 0 Å². The lowest BCUT2D eigenvalue weighted by atomic mass is 9.86. The zero-order chi connectivity index (χ0) is 21.0. The van der Waals surface area contributed by atoms with Gasteiger partial charge in [-0.05, 0) is 12.1 Å². The van der Waals surface area contributed by atoms with Crippen LogP contribution in [0.15, 0.2) is 35.4 Å². The molecule has 2 aromatic heterocycles. The third-order valence-corrected chi connectivity index (χ3v) is 4.95. The van der Waals surface area contributed by atoms with Crippen LogP contribution in [0.1, 0.15) is 45.9 Å². The van der Waals surface area contributed by atoms with Crippen LogP contribution in [-0.4, -0.2) is 31.2 Å². The second kappa shape index (κ2) is 6.37. The van der Waals surface area contributed by atoms with Crippen molar-refractivity contribution in [2.75, 3.05) is 6.61 Å². The Hall–Kier alpha value is -3.29. The average Bonchev–Trinajstić information content (AvgIpc) is 3.12. The molecule has 1 aliphatic rings. The number of hydrogen-bond acceptors (Lipinski definition) is 6. The van der Waals surface area contributed by atoms with Gasteiger partial charge in [0, 0.05) is 16.4 Å². The second-order valence-corrected chi connectivity index (χ2v) is 8.84. The fourth-order valence-electron chi connectivity index (χ4n) is 3.48. The number of rotatable bonds is 3. The maximum absolute atomic E-state index is 12.3. The molecule has 1 aliphatic heterocycles. The van der Waals surface area contributed by atoms with Crippen molar-refractivity contribution in [3.8, 4) is 29.1 Å². The van der Waals surface area contributed by atoms with Gasteiger partial charge in [0.2, 0.25) is 5.88 Å². The molecule has 152 valence electrons.